The van der Waals surface area contributed by atoms with Gasteiger partial charge >= 0.3 is 18.0 Å². The molecule has 0 saturated heterocycles. The molecule has 1 aromatic rings. The van der Waals surface area contributed by atoms with Crippen LogP contribution >= 0.6 is 0 Å². The Morgan fingerprint density at radius 3 is 1.96 bits per heavy atom. The van der Waals surface area contributed by atoms with E-state index in [1.54, 1.807) is 0 Å². The summed E-state index contributed by atoms with van der Waals surface area (Å²) in [6.45, 7) is 3.91. The van der Waals surface area contributed by atoms with Crippen LogP contribution in [0.15, 0.2) is 35.4 Å². The third kappa shape index (κ3) is 3.25. The normalized spacial score (nSPS) is 21.7. The van der Waals surface area contributed by atoms with Gasteiger partial charge in [-0.25, -0.2) is 0 Å². The van der Waals surface area contributed by atoms with Gasteiger partial charge < -0.3 is 5.11 Å². The van der Waals surface area contributed by atoms with Crippen LogP contribution in [0, 0.1) is 5.41 Å². The van der Waals surface area contributed by atoms with E-state index in [-0.39, 0.29) is 10.6 Å². The maximum absolute atomic E-state index is 14.1. The van der Waals surface area contributed by atoms with Crippen LogP contribution in [-0.4, -0.2) is 45.5 Å². The van der Waals surface area contributed by atoms with Crippen LogP contribution < -0.4 is 0 Å². The summed E-state index contributed by atoms with van der Waals surface area (Å²) < 4.78 is 92.6. The molecule has 1 aliphatic heterocycles. The summed E-state index contributed by atoms with van der Waals surface area (Å²) in [7, 11) is 0. The molecule has 1 atom stereocenters. The molecule has 0 unspecified atom stereocenters. The third-order valence-electron chi connectivity index (χ3n) is 4.51. The van der Waals surface area contributed by atoms with Crippen LogP contribution in [-0.2, 0) is 0 Å². The molecule has 1 aliphatic rings. The topological polar surface area (TPSA) is 52.9 Å². The summed E-state index contributed by atoms with van der Waals surface area (Å²) in [6, 6.07) is 6.86. The zero-order valence-corrected chi connectivity index (χ0v) is 15.0. The van der Waals surface area contributed by atoms with Crippen molar-refractivity contribution in [2.24, 2.45) is 10.5 Å². The fourth-order valence-corrected chi connectivity index (χ4v) is 2.58. The number of carbonyl (C=O) groups excluding carboxylic acids is 1. The molecular weight excluding hydrogens is 397 g/mol. The number of hydrogen-bond donors (Lipinski definition) is 1. The van der Waals surface area contributed by atoms with Crippen molar-refractivity contribution in [1.29, 1.82) is 0 Å². The Kier molecular flexibility index (Phi) is 5.08. The number of benzene rings is 1. The van der Waals surface area contributed by atoms with E-state index < -0.39 is 47.2 Å². The molecule has 0 aromatic heterocycles. The lowest BCUT2D eigenvalue weighted by Crippen LogP contribution is -2.58. The van der Waals surface area contributed by atoms with Crippen LogP contribution in [0.4, 0.5) is 30.7 Å². The lowest BCUT2D eigenvalue weighted by atomic mass is 9.79. The molecule has 1 aromatic carbocycles. The lowest BCUT2D eigenvalue weighted by molar-refractivity contribution is -0.336. The van der Waals surface area contributed by atoms with Crippen molar-refractivity contribution in [3.63, 3.8) is 0 Å². The van der Waals surface area contributed by atoms with Crippen LogP contribution in [0.2, 0.25) is 0 Å². The van der Waals surface area contributed by atoms with Crippen molar-refractivity contribution in [1.82, 2.24) is 5.01 Å². The van der Waals surface area contributed by atoms with Gasteiger partial charge in [0.15, 0.2) is 5.72 Å². The Bertz CT molecular complexity index is 785. The fourth-order valence-electron chi connectivity index (χ4n) is 2.58. The molecule has 0 radical (unpaired) electrons. The number of carbonyl (C=O) groups is 1. The molecule has 0 fully saturated rings. The zero-order valence-electron chi connectivity index (χ0n) is 15.0. The van der Waals surface area contributed by atoms with Gasteiger partial charge in [-0.05, 0) is 12.1 Å². The average Bonchev–Trinajstić information content (AvgIpc) is 2.93. The van der Waals surface area contributed by atoms with E-state index in [4.69, 9.17) is 0 Å². The smallest absolute Gasteiger partial charge is 0.368 e. The Hall–Kier alpha value is -2.17. The molecule has 2 rings (SSSR count). The van der Waals surface area contributed by atoms with E-state index in [0.717, 1.165) is 0 Å². The fraction of sp³-hybridized carbons (Fsp3) is 0.529. The van der Waals surface area contributed by atoms with Crippen molar-refractivity contribution in [2.75, 3.05) is 0 Å². The second kappa shape index (κ2) is 6.43. The minimum atomic E-state index is -6.56. The summed E-state index contributed by atoms with van der Waals surface area (Å²) in [6.07, 6.45) is -7.94. The molecular formula is C17H17F7N2O2. The first-order valence-corrected chi connectivity index (χ1v) is 7.99. The Labute approximate surface area is 155 Å². The van der Waals surface area contributed by atoms with E-state index in [1.165, 1.54) is 51.1 Å². The van der Waals surface area contributed by atoms with Crippen LogP contribution in [0.25, 0.3) is 0 Å². The predicted octanol–water partition coefficient (Wildman–Crippen LogP) is 4.46. The maximum Gasteiger partial charge on any atom is 0.460 e. The van der Waals surface area contributed by atoms with Gasteiger partial charge in [-0.15, -0.1) is 0 Å². The highest BCUT2D eigenvalue weighted by molar-refractivity contribution is 6.00. The molecule has 11 heteroatoms. The first kappa shape index (κ1) is 22.1. The molecule has 156 valence electrons. The second-order valence-corrected chi connectivity index (χ2v) is 7.42. The van der Waals surface area contributed by atoms with E-state index in [9.17, 15) is 40.6 Å². The Morgan fingerprint density at radius 2 is 1.54 bits per heavy atom. The van der Waals surface area contributed by atoms with Crippen molar-refractivity contribution >= 4 is 11.6 Å². The number of amides is 1. The number of hydrazone groups is 1. The van der Waals surface area contributed by atoms with Gasteiger partial charge in [-0.3, -0.25) is 4.79 Å². The molecule has 0 spiro atoms. The van der Waals surface area contributed by atoms with Crippen molar-refractivity contribution in [2.45, 2.75) is 50.9 Å². The quantitative estimate of drug-likeness (QED) is 0.743. The van der Waals surface area contributed by atoms with Crippen molar-refractivity contribution in [3.05, 3.63) is 35.9 Å². The zero-order chi connectivity index (χ0) is 21.8. The number of alkyl halides is 7. The SMILES string of the molecule is CC(C)(C)[C@]1(O)CC(C(F)(F)C(F)(F)C(F)(F)F)=NN1C(=O)c1ccccc1. The van der Waals surface area contributed by atoms with Crippen LogP contribution in [0.5, 0.6) is 0 Å². The minimum Gasteiger partial charge on any atom is -0.368 e. The van der Waals surface area contributed by atoms with Crippen molar-refractivity contribution in [3.8, 4) is 0 Å². The summed E-state index contributed by atoms with van der Waals surface area (Å²) in [5.41, 5.74) is -6.02. The largest absolute Gasteiger partial charge is 0.460 e. The summed E-state index contributed by atoms with van der Waals surface area (Å²) in [5, 5.41) is 14.1. The first-order chi connectivity index (χ1) is 12.5. The highest BCUT2D eigenvalue weighted by Gasteiger charge is 2.76. The molecule has 0 bridgehead atoms. The molecule has 28 heavy (non-hydrogen) atoms. The molecule has 1 amide bonds. The summed E-state index contributed by atoms with van der Waals surface area (Å²) in [5.74, 6) is -13.3. The first-order valence-electron chi connectivity index (χ1n) is 7.99. The Balaban J connectivity index is 2.58. The number of halogens is 7. The number of aliphatic hydroxyl groups is 1. The second-order valence-electron chi connectivity index (χ2n) is 7.42. The van der Waals surface area contributed by atoms with Gasteiger partial charge in [0, 0.05) is 17.4 Å². The Morgan fingerprint density at radius 1 is 1.04 bits per heavy atom. The van der Waals surface area contributed by atoms with Gasteiger partial charge in [0.05, 0.1) is 0 Å². The van der Waals surface area contributed by atoms with Crippen molar-refractivity contribution < 1.29 is 40.6 Å². The number of hydrogen-bond acceptors (Lipinski definition) is 3. The van der Waals surface area contributed by atoms with Gasteiger partial charge in [0.1, 0.15) is 5.71 Å². The van der Waals surface area contributed by atoms with E-state index >= 15 is 0 Å². The highest BCUT2D eigenvalue weighted by Crippen LogP contribution is 2.51. The monoisotopic (exact) mass is 414 g/mol. The standard InChI is InChI=1S/C17H17F7N2O2/c1-13(2,3)14(28)9-11(15(18,19)16(20,21)17(22,23)24)25-26(14)12(27)10-7-5-4-6-8-10/h4-8,28H,9H2,1-3H3/t14-/m1/s1. The lowest BCUT2D eigenvalue weighted by Gasteiger charge is -2.41. The average molecular weight is 414 g/mol. The van der Waals surface area contributed by atoms with Gasteiger partial charge in [0.25, 0.3) is 5.91 Å². The molecule has 0 saturated carbocycles. The summed E-state index contributed by atoms with van der Waals surface area (Å²) >= 11 is 0. The van der Waals surface area contributed by atoms with Crippen LogP contribution in [0.3, 0.4) is 0 Å². The minimum absolute atomic E-state index is 0.124. The maximum atomic E-state index is 14.1. The van der Waals surface area contributed by atoms with Gasteiger partial charge in [0.2, 0.25) is 0 Å². The van der Waals surface area contributed by atoms with Gasteiger partial charge in [-0.2, -0.15) is 40.8 Å². The van der Waals surface area contributed by atoms with E-state index in [1.807, 2.05) is 0 Å². The molecule has 4 nitrogen and oxygen atoms in total. The summed E-state index contributed by atoms with van der Waals surface area (Å²) in [4.78, 5) is 12.6. The molecule has 1 heterocycles. The third-order valence-corrected chi connectivity index (χ3v) is 4.51. The molecule has 1 N–H and O–H groups in total. The van der Waals surface area contributed by atoms with Crippen LogP contribution in [0.1, 0.15) is 37.6 Å². The number of nitrogens with zero attached hydrogens (tertiary/aromatic N) is 2. The van der Waals surface area contributed by atoms with E-state index in [2.05, 4.69) is 5.10 Å². The van der Waals surface area contributed by atoms with E-state index in [0.29, 0.717) is 0 Å². The molecule has 0 aliphatic carbocycles. The van der Waals surface area contributed by atoms with Gasteiger partial charge in [-0.1, -0.05) is 39.0 Å². The number of rotatable bonds is 3. The predicted molar refractivity (Wildman–Crippen MR) is 85.0 cm³/mol. The highest BCUT2D eigenvalue weighted by atomic mass is 19.4.